The highest BCUT2D eigenvalue weighted by Crippen LogP contribution is 2.38. The third-order valence-electron chi connectivity index (χ3n) is 3.06. The number of anilines is 1. The standard InChI is InChI=1S/C14H13BrN4S/c1-7-13(20-8(2)17-7)12-11(14(16)19-18-12)9-3-5-10(15)6-4-9/h3-6H,1-2H3,(H3,16,18,19). The number of halogens is 1. The molecule has 3 N–H and O–H groups in total. The maximum absolute atomic E-state index is 6.04. The van der Waals surface area contributed by atoms with E-state index in [0.29, 0.717) is 5.82 Å². The summed E-state index contributed by atoms with van der Waals surface area (Å²) in [6, 6.07) is 8.04. The van der Waals surface area contributed by atoms with Crippen LogP contribution < -0.4 is 5.73 Å². The van der Waals surface area contributed by atoms with Crippen molar-refractivity contribution in [3.63, 3.8) is 0 Å². The Hall–Kier alpha value is -1.66. The largest absolute Gasteiger partial charge is 0.382 e. The first-order valence-electron chi connectivity index (χ1n) is 6.10. The first kappa shape index (κ1) is 13.3. The van der Waals surface area contributed by atoms with Gasteiger partial charge in [0.2, 0.25) is 0 Å². The van der Waals surface area contributed by atoms with E-state index in [-0.39, 0.29) is 0 Å². The maximum atomic E-state index is 6.04. The van der Waals surface area contributed by atoms with Gasteiger partial charge < -0.3 is 5.73 Å². The number of nitrogens with one attached hydrogen (secondary N) is 1. The number of nitrogen functional groups attached to an aromatic ring is 1. The molecule has 0 aliphatic carbocycles. The number of H-pyrrole nitrogens is 1. The minimum Gasteiger partial charge on any atom is -0.382 e. The number of nitrogens with zero attached hydrogens (tertiary/aromatic N) is 2. The summed E-state index contributed by atoms with van der Waals surface area (Å²) < 4.78 is 1.04. The average molecular weight is 349 g/mol. The van der Waals surface area contributed by atoms with Crippen molar-refractivity contribution in [3.05, 3.63) is 39.4 Å². The molecule has 4 nitrogen and oxygen atoms in total. The number of hydrogen-bond donors (Lipinski definition) is 2. The SMILES string of the molecule is Cc1nc(C)c(-c2[nH]nc(N)c2-c2ccc(Br)cc2)s1. The summed E-state index contributed by atoms with van der Waals surface area (Å²) in [4.78, 5) is 5.56. The highest BCUT2D eigenvalue weighted by Gasteiger charge is 2.18. The van der Waals surface area contributed by atoms with Crippen LogP contribution in [0.3, 0.4) is 0 Å². The molecule has 1 aromatic carbocycles. The lowest BCUT2D eigenvalue weighted by Gasteiger charge is -2.04. The summed E-state index contributed by atoms with van der Waals surface area (Å²) in [5.74, 6) is 0.507. The van der Waals surface area contributed by atoms with E-state index < -0.39 is 0 Å². The van der Waals surface area contributed by atoms with Crippen LogP contribution in [0.5, 0.6) is 0 Å². The van der Waals surface area contributed by atoms with E-state index in [1.807, 2.05) is 38.1 Å². The Labute approximate surface area is 129 Å². The molecule has 20 heavy (non-hydrogen) atoms. The Bertz CT molecular complexity index is 758. The number of aromatic amines is 1. The first-order chi connectivity index (χ1) is 9.56. The van der Waals surface area contributed by atoms with Gasteiger partial charge in [0.1, 0.15) is 0 Å². The van der Waals surface area contributed by atoms with E-state index in [2.05, 4.69) is 31.1 Å². The first-order valence-corrected chi connectivity index (χ1v) is 7.71. The molecule has 0 unspecified atom stereocenters. The van der Waals surface area contributed by atoms with Gasteiger partial charge in [-0.15, -0.1) is 11.3 Å². The third kappa shape index (κ3) is 2.25. The monoisotopic (exact) mass is 348 g/mol. The van der Waals surface area contributed by atoms with Crippen LogP contribution in [-0.4, -0.2) is 15.2 Å². The molecule has 6 heteroatoms. The Morgan fingerprint density at radius 2 is 1.90 bits per heavy atom. The van der Waals surface area contributed by atoms with Crippen molar-refractivity contribution in [1.82, 2.24) is 15.2 Å². The second kappa shape index (κ2) is 5.03. The molecule has 3 aromatic rings. The van der Waals surface area contributed by atoms with Gasteiger partial charge in [-0.25, -0.2) is 4.98 Å². The number of aromatic nitrogens is 3. The molecule has 0 amide bonds. The molecule has 0 fully saturated rings. The van der Waals surface area contributed by atoms with Gasteiger partial charge in [0.15, 0.2) is 5.82 Å². The fourth-order valence-corrected chi connectivity index (χ4v) is 3.38. The normalized spacial score (nSPS) is 10.9. The molecule has 3 rings (SSSR count). The van der Waals surface area contributed by atoms with Gasteiger partial charge in [0.25, 0.3) is 0 Å². The van der Waals surface area contributed by atoms with E-state index in [0.717, 1.165) is 36.9 Å². The number of nitrogens with two attached hydrogens (primary N) is 1. The minimum atomic E-state index is 0.507. The van der Waals surface area contributed by atoms with E-state index in [1.54, 1.807) is 11.3 Å². The molecule has 102 valence electrons. The van der Waals surface area contributed by atoms with Gasteiger partial charge in [-0.3, -0.25) is 5.10 Å². The molecule has 0 aliphatic heterocycles. The quantitative estimate of drug-likeness (QED) is 0.730. The highest BCUT2D eigenvalue weighted by molar-refractivity contribution is 9.10. The number of benzene rings is 1. The molecule has 0 saturated carbocycles. The van der Waals surface area contributed by atoms with Crippen molar-refractivity contribution >= 4 is 33.1 Å². The van der Waals surface area contributed by atoms with Crippen molar-refractivity contribution in [2.75, 3.05) is 5.73 Å². The minimum absolute atomic E-state index is 0.507. The summed E-state index contributed by atoms with van der Waals surface area (Å²) in [6.45, 7) is 4.00. The lowest BCUT2D eigenvalue weighted by molar-refractivity contribution is 1.10. The Balaban J connectivity index is 2.19. The number of thiazole rings is 1. The van der Waals surface area contributed by atoms with E-state index in [1.165, 1.54) is 0 Å². The van der Waals surface area contributed by atoms with Crippen LogP contribution >= 0.6 is 27.3 Å². The van der Waals surface area contributed by atoms with Gasteiger partial charge >= 0.3 is 0 Å². The molecule has 2 heterocycles. The van der Waals surface area contributed by atoms with Crippen LogP contribution in [0.4, 0.5) is 5.82 Å². The summed E-state index contributed by atoms with van der Waals surface area (Å²) >= 11 is 5.09. The molecule has 0 bridgehead atoms. The Kier molecular flexibility index (Phi) is 3.35. The van der Waals surface area contributed by atoms with Crippen LogP contribution in [0.15, 0.2) is 28.7 Å². The molecule has 0 radical (unpaired) electrons. The van der Waals surface area contributed by atoms with Crippen molar-refractivity contribution in [1.29, 1.82) is 0 Å². The number of hydrogen-bond acceptors (Lipinski definition) is 4. The lowest BCUT2D eigenvalue weighted by atomic mass is 10.0. The van der Waals surface area contributed by atoms with Crippen LogP contribution in [0.1, 0.15) is 10.7 Å². The topological polar surface area (TPSA) is 67.6 Å². The van der Waals surface area contributed by atoms with E-state index >= 15 is 0 Å². The van der Waals surface area contributed by atoms with Crippen molar-refractivity contribution < 1.29 is 0 Å². The Morgan fingerprint density at radius 1 is 1.20 bits per heavy atom. The van der Waals surface area contributed by atoms with Crippen molar-refractivity contribution in [2.45, 2.75) is 13.8 Å². The second-order valence-electron chi connectivity index (χ2n) is 4.51. The van der Waals surface area contributed by atoms with Gasteiger partial charge in [-0.05, 0) is 31.5 Å². The fraction of sp³-hybridized carbons (Fsp3) is 0.143. The predicted octanol–water partition coefficient (Wildman–Crippen LogP) is 4.16. The zero-order valence-electron chi connectivity index (χ0n) is 11.1. The van der Waals surface area contributed by atoms with Crippen LogP contribution in [-0.2, 0) is 0 Å². The van der Waals surface area contributed by atoms with Crippen molar-refractivity contribution in [3.8, 4) is 21.7 Å². The predicted molar refractivity (Wildman–Crippen MR) is 86.7 cm³/mol. The summed E-state index contributed by atoms with van der Waals surface area (Å²) in [5, 5.41) is 8.24. The molecule has 0 atom stereocenters. The third-order valence-corrected chi connectivity index (χ3v) is 4.68. The zero-order chi connectivity index (χ0) is 14.3. The average Bonchev–Trinajstić information content (AvgIpc) is 2.93. The van der Waals surface area contributed by atoms with E-state index in [9.17, 15) is 0 Å². The van der Waals surface area contributed by atoms with Gasteiger partial charge in [0.05, 0.1) is 26.8 Å². The van der Waals surface area contributed by atoms with Crippen LogP contribution in [0.2, 0.25) is 0 Å². The molecule has 0 aliphatic rings. The lowest BCUT2D eigenvalue weighted by Crippen LogP contribution is -1.88. The van der Waals surface area contributed by atoms with Gasteiger partial charge in [-0.1, -0.05) is 28.1 Å². The molecular formula is C14H13BrN4S. The summed E-state index contributed by atoms with van der Waals surface area (Å²) in [5.41, 5.74) is 9.94. The van der Waals surface area contributed by atoms with Crippen LogP contribution in [0, 0.1) is 13.8 Å². The highest BCUT2D eigenvalue weighted by atomic mass is 79.9. The van der Waals surface area contributed by atoms with Crippen LogP contribution in [0.25, 0.3) is 21.7 Å². The maximum Gasteiger partial charge on any atom is 0.153 e. The number of rotatable bonds is 2. The molecular weight excluding hydrogens is 336 g/mol. The van der Waals surface area contributed by atoms with Gasteiger partial charge in [-0.2, -0.15) is 5.10 Å². The fourth-order valence-electron chi connectivity index (χ4n) is 2.19. The smallest absolute Gasteiger partial charge is 0.153 e. The molecule has 2 aromatic heterocycles. The van der Waals surface area contributed by atoms with Gasteiger partial charge in [0, 0.05) is 4.47 Å². The summed E-state index contributed by atoms with van der Waals surface area (Å²) in [6.07, 6.45) is 0. The Morgan fingerprint density at radius 3 is 2.50 bits per heavy atom. The van der Waals surface area contributed by atoms with E-state index in [4.69, 9.17) is 5.73 Å². The van der Waals surface area contributed by atoms with Crippen molar-refractivity contribution in [2.24, 2.45) is 0 Å². The zero-order valence-corrected chi connectivity index (χ0v) is 13.5. The molecule has 0 spiro atoms. The summed E-state index contributed by atoms with van der Waals surface area (Å²) in [7, 11) is 0. The number of aryl methyl sites for hydroxylation is 2. The molecule has 0 saturated heterocycles. The second-order valence-corrected chi connectivity index (χ2v) is 6.63.